The lowest BCUT2D eigenvalue weighted by atomic mass is 9.98. The normalized spacial score (nSPS) is 15.4. The number of hydrogen-bond donors (Lipinski definition) is 1. The summed E-state index contributed by atoms with van der Waals surface area (Å²) >= 11 is 6.21. The van der Waals surface area contributed by atoms with Crippen LogP contribution >= 0.6 is 11.6 Å². The number of hydrogen-bond acceptors (Lipinski definition) is 3. The van der Waals surface area contributed by atoms with E-state index in [0.29, 0.717) is 16.5 Å². The van der Waals surface area contributed by atoms with Crippen molar-refractivity contribution in [3.05, 3.63) is 22.7 Å². The summed E-state index contributed by atoms with van der Waals surface area (Å²) in [6.45, 7) is 5.30. The molecule has 1 fully saturated rings. The van der Waals surface area contributed by atoms with E-state index in [1.54, 1.807) is 14.2 Å². The molecule has 3 nitrogen and oxygen atoms in total. The van der Waals surface area contributed by atoms with Gasteiger partial charge in [-0.1, -0.05) is 11.6 Å². The van der Waals surface area contributed by atoms with Crippen molar-refractivity contribution in [1.29, 1.82) is 0 Å². The minimum absolute atomic E-state index is 0.180. The first-order valence-electron chi connectivity index (χ1n) is 6.63. The molecule has 19 heavy (non-hydrogen) atoms. The van der Waals surface area contributed by atoms with Gasteiger partial charge in [0, 0.05) is 12.1 Å². The Morgan fingerprint density at radius 3 is 2.47 bits per heavy atom. The lowest BCUT2D eigenvalue weighted by Gasteiger charge is -2.26. The summed E-state index contributed by atoms with van der Waals surface area (Å²) in [6.07, 6.45) is 2.65. The van der Waals surface area contributed by atoms with Crippen LogP contribution in [0.5, 0.6) is 11.5 Å². The molecule has 0 bridgehead atoms. The second-order valence-electron chi connectivity index (χ2n) is 5.66. The zero-order chi connectivity index (χ0) is 14.0. The Morgan fingerprint density at radius 2 is 1.95 bits per heavy atom. The molecule has 0 aliphatic heterocycles. The van der Waals surface area contributed by atoms with Crippen LogP contribution in [0.2, 0.25) is 5.02 Å². The molecule has 0 atom stereocenters. The standard InChI is InChI=1S/C15H22ClNO2/c1-15(2,11-5-6-11)17-9-10-7-12(16)14(19-4)13(8-10)18-3/h7-8,11,17H,5-6,9H2,1-4H3. The highest BCUT2D eigenvalue weighted by Gasteiger charge is 2.37. The van der Waals surface area contributed by atoms with E-state index in [4.69, 9.17) is 21.1 Å². The first kappa shape index (κ1) is 14.5. The van der Waals surface area contributed by atoms with Gasteiger partial charge in [0.1, 0.15) is 0 Å². The number of benzene rings is 1. The van der Waals surface area contributed by atoms with E-state index >= 15 is 0 Å². The van der Waals surface area contributed by atoms with Gasteiger partial charge in [-0.15, -0.1) is 0 Å². The highest BCUT2D eigenvalue weighted by Crippen LogP contribution is 2.40. The van der Waals surface area contributed by atoms with E-state index in [0.717, 1.165) is 18.0 Å². The Labute approximate surface area is 120 Å². The highest BCUT2D eigenvalue weighted by molar-refractivity contribution is 6.32. The van der Waals surface area contributed by atoms with Gasteiger partial charge in [0.2, 0.25) is 0 Å². The molecule has 1 saturated carbocycles. The Bertz CT molecular complexity index is 456. The molecule has 4 heteroatoms. The topological polar surface area (TPSA) is 30.5 Å². The second-order valence-corrected chi connectivity index (χ2v) is 6.07. The van der Waals surface area contributed by atoms with Crippen LogP contribution in [0.4, 0.5) is 0 Å². The minimum Gasteiger partial charge on any atom is -0.493 e. The van der Waals surface area contributed by atoms with Crippen molar-refractivity contribution in [3.63, 3.8) is 0 Å². The molecule has 106 valence electrons. The molecule has 0 saturated heterocycles. The van der Waals surface area contributed by atoms with Gasteiger partial charge in [0.15, 0.2) is 11.5 Å². The third-order valence-corrected chi connectivity index (χ3v) is 4.12. The highest BCUT2D eigenvalue weighted by atomic mass is 35.5. The quantitative estimate of drug-likeness (QED) is 0.865. The van der Waals surface area contributed by atoms with Gasteiger partial charge >= 0.3 is 0 Å². The Hall–Kier alpha value is -0.930. The molecule has 0 spiro atoms. The van der Waals surface area contributed by atoms with Gasteiger partial charge in [-0.05, 0) is 50.3 Å². The van der Waals surface area contributed by atoms with Gasteiger partial charge in [-0.2, -0.15) is 0 Å². The molecular formula is C15H22ClNO2. The number of nitrogens with one attached hydrogen (secondary N) is 1. The summed E-state index contributed by atoms with van der Waals surface area (Å²) in [7, 11) is 3.22. The van der Waals surface area contributed by atoms with Crippen LogP contribution in [-0.4, -0.2) is 19.8 Å². The average Bonchev–Trinajstić information content (AvgIpc) is 3.20. The predicted molar refractivity (Wildman–Crippen MR) is 78.2 cm³/mol. The third kappa shape index (κ3) is 3.34. The molecule has 1 aromatic carbocycles. The van der Waals surface area contributed by atoms with Crippen molar-refractivity contribution in [2.75, 3.05) is 14.2 Å². The van der Waals surface area contributed by atoms with Crippen LogP contribution in [-0.2, 0) is 6.54 Å². The SMILES string of the molecule is COc1cc(CNC(C)(C)C2CC2)cc(Cl)c1OC. The van der Waals surface area contributed by atoms with E-state index in [2.05, 4.69) is 19.2 Å². The van der Waals surface area contributed by atoms with E-state index in [-0.39, 0.29) is 5.54 Å². The Kier molecular flexibility index (Phi) is 4.26. The summed E-state index contributed by atoms with van der Waals surface area (Å²) in [5.41, 5.74) is 1.29. The molecule has 0 heterocycles. The van der Waals surface area contributed by atoms with Crippen molar-refractivity contribution in [1.82, 2.24) is 5.32 Å². The average molecular weight is 284 g/mol. The summed E-state index contributed by atoms with van der Waals surface area (Å²) < 4.78 is 10.6. The summed E-state index contributed by atoms with van der Waals surface area (Å²) in [6, 6.07) is 3.90. The van der Waals surface area contributed by atoms with Gasteiger partial charge in [-0.25, -0.2) is 0 Å². The van der Waals surface area contributed by atoms with Crippen LogP contribution in [0.1, 0.15) is 32.3 Å². The summed E-state index contributed by atoms with van der Waals surface area (Å²) in [5, 5.41) is 4.18. The largest absolute Gasteiger partial charge is 0.493 e. The van der Waals surface area contributed by atoms with Gasteiger partial charge in [0.05, 0.1) is 19.2 Å². The maximum atomic E-state index is 6.21. The van der Waals surface area contributed by atoms with Crippen molar-refractivity contribution < 1.29 is 9.47 Å². The van der Waals surface area contributed by atoms with E-state index in [1.807, 2.05) is 12.1 Å². The molecular weight excluding hydrogens is 262 g/mol. The van der Waals surface area contributed by atoms with Crippen molar-refractivity contribution in [3.8, 4) is 11.5 Å². The van der Waals surface area contributed by atoms with Crippen LogP contribution in [0.15, 0.2) is 12.1 Å². The van der Waals surface area contributed by atoms with Crippen LogP contribution in [0, 0.1) is 5.92 Å². The maximum absolute atomic E-state index is 6.21. The molecule has 1 N–H and O–H groups in total. The zero-order valence-corrected chi connectivity index (χ0v) is 12.8. The monoisotopic (exact) mass is 283 g/mol. The van der Waals surface area contributed by atoms with Crippen molar-refractivity contribution in [2.45, 2.75) is 38.8 Å². The van der Waals surface area contributed by atoms with Gasteiger partial charge < -0.3 is 14.8 Å². The van der Waals surface area contributed by atoms with E-state index in [1.165, 1.54) is 12.8 Å². The molecule has 2 rings (SSSR count). The minimum atomic E-state index is 0.180. The lowest BCUT2D eigenvalue weighted by molar-refractivity contribution is 0.337. The van der Waals surface area contributed by atoms with E-state index in [9.17, 15) is 0 Å². The number of halogens is 1. The molecule has 0 radical (unpaired) electrons. The predicted octanol–water partition coefficient (Wildman–Crippen LogP) is 3.64. The zero-order valence-electron chi connectivity index (χ0n) is 12.0. The Balaban J connectivity index is 2.10. The Morgan fingerprint density at radius 1 is 1.26 bits per heavy atom. The molecule has 1 aromatic rings. The fourth-order valence-electron chi connectivity index (χ4n) is 2.35. The first-order valence-corrected chi connectivity index (χ1v) is 7.01. The molecule has 0 amide bonds. The summed E-state index contributed by atoms with van der Waals surface area (Å²) in [4.78, 5) is 0. The molecule has 0 unspecified atom stereocenters. The van der Waals surface area contributed by atoms with Crippen molar-refractivity contribution in [2.24, 2.45) is 5.92 Å². The second kappa shape index (κ2) is 5.59. The van der Waals surface area contributed by atoms with E-state index < -0.39 is 0 Å². The lowest BCUT2D eigenvalue weighted by Crippen LogP contribution is -2.40. The third-order valence-electron chi connectivity index (χ3n) is 3.84. The first-order chi connectivity index (χ1) is 8.97. The number of ether oxygens (including phenoxy) is 2. The van der Waals surface area contributed by atoms with Crippen LogP contribution in [0.25, 0.3) is 0 Å². The number of methoxy groups -OCH3 is 2. The van der Waals surface area contributed by atoms with Crippen molar-refractivity contribution >= 4 is 11.6 Å². The maximum Gasteiger partial charge on any atom is 0.179 e. The molecule has 1 aliphatic carbocycles. The smallest absolute Gasteiger partial charge is 0.179 e. The molecule has 1 aliphatic rings. The van der Waals surface area contributed by atoms with Crippen LogP contribution in [0.3, 0.4) is 0 Å². The fraction of sp³-hybridized carbons (Fsp3) is 0.600. The van der Waals surface area contributed by atoms with Crippen LogP contribution < -0.4 is 14.8 Å². The molecule has 0 aromatic heterocycles. The fourth-order valence-corrected chi connectivity index (χ4v) is 2.66. The summed E-state index contributed by atoms with van der Waals surface area (Å²) in [5.74, 6) is 2.06. The number of rotatable bonds is 6. The van der Waals surface area contributed by atoms with Gasteiger partial charge in [-0.3, -0.25) is 0 Å². The van der Waals surface area contributed by atoms with Gasteiger partial charge in [0.25, 0.3) is 0 Å².